The van der Waals surface area contributed by atoms with E-state index in [1.807, 2.05) is 6.07 Å². The van der Waals surface area contributed by atoms with Gasteiger partial charge in [-0.05, 0) is 48.4 Å². The summed E-state index contributed by atoms with van der Waals surface area (Å²) in [5, 5.41) is 8.87. The highest BCUT2D eigenvalue weighted by Gasteiger charge is 2.37. The van der Waals surface area contributed by atoms with Crippen molar-refractivity contribution in [2.45, 2.75) is 39.0 Å². The van der Waals surface area contributed by atoms with E-state index in [1.54, 1.807) is 0 Å². The molecule has 2 atom stereocenters. The molecule has 78 valence electrons. The average molecular weight is 199 g/mol. The first kappa shape index (κ1) is 10.2. The lowest BCUT2D eigenvalue weighted by Gasteiger charge is -2.05. The number of hydrogen-bond donors (Lipinski definition) is 0. The highest BCUT2D eigenvalue weighted by atomic mass is 14.4. The van der Waals surface area contributed by atoms with Crippen molar-refractivity contribution in [1.29, 1.82) is 5.26 Å². The Bertz CT molecular complexity index is 400. The Balaban J connectivity index is 2.19. The van der Waals surface area contributed by atoms with Gasteiger partial charge in [-0.1, -0.05) is 25.8 Å². The molecular formula is C14H17N. The lowest BCUT2D eigenvalue weighted by molar-refractivity contribution is 0.686. The predicted octanol–water partition coefficient (Wildman–Crippen LogP) is 3.77. The monoisotopic (exact) mass is 199 g/mol. The van der Waals surface area contributed by atoms with Gasteiger partial charge in [0.1, 0.15) is 0 Å². The van der Waals surface area contributed by atoms with Gasteiger partial charge in [0.2, 0.25) is 0 Å². The molecule has 0 aromatic heterocycles. The van der Waals surface area contributed by atoms with Crippen molar-refractivity contribution in [2.24, 2.45) is 5.92 Å². The van der Waals surface area contributed by atoms with Gasteiger partial charge in [-0.15, -0.1) is 0 Å². The Hall–Kier alpha value is -1.29. The molecule has 0 radical (unpaired) electrons. The summed E-state index contributed by atoms with van der Waals surface area (Å²) in [5.41, 5.74) is 3.56. The largest absolute Gasteiger partial charge is 0.192 e. The first-order valence-electron chi connectivity index (χ1n) is 5.77. The molecule has 0 bridgehead atoms. The average Bonchev–Trinajstić information content (AvgIpc) is 2.99. The minimum absolute atomic E-state index is 0.734. The molecule has 1 fully saturated rings. The second-order valence-electron chi connectivity index (χ2n) is 4.57. The maximum atomic E-state index is 8.87. The van der Waals surface area contributed by atoms with Crippen LogP contribution in [0, 0.1) is 24.2 Å². The van der Waals surface area contributed by atoms with Crippen LogP contribution in [0.15, 0.2) is 18.2 Å². The van der Waals surface area contributed by atoms with Crippen LogP contribution in [-0.2, 0) is 0 Å². The summed E-state index contributed by atoms with van der Waals surface area (Å²) >= 11 is 0. The minimum atomic E-state index is 0.734. The fraction of sp³-hybridized carbons (Fsp3) is 0.500. The van der Waals surface area contributed by atoms with Crippen LogP contribution < -0.4 is 0 Å². The molecule has 1 heteroatoms. The number of nitrogens with zero attached hydrogens (tertiary/aromatic N) is 1. The van der Waals surface area contributed by atoms with E-state index < -0.39 is 0 Å². The predicted molar refractivity (Wildman–Crippen MR) is 61.7 cm³/mol. The maximum Gasteiger partial charge on any atom is 0.0991 e. The molecule has 1 aromatic rings. The molecule has 0 amide bonds. The van der Waals surface area contributed by atoms with Crippen molar-refractivity contribution in [1.82, 2.24) is 0 Å². The van der Waals surface area contributed by atoms with Crippen LogP contribution in [0.1, 0.15) is 48.8 Å². The summed E-state index contributed by atoms with van der Waals surface area (Å²) in [4.78, 5) is 0. The molecule has 1 saturated carbocycles. The standard InChI is InChI=1S/C14H17N/c1-3-4-12-8-14(12)13-7-11(9-15)6-5-10(13)2/h5-7,12,14H,3-4,8H2,1-2H3. The van der Waals surface area contributed by atoms with E-state index >= 15 is 0 Å². The van der Waals surface area contributed by atoms with Crippen LogP contribution in [0.5, 0.6) is 0 Å². The fourth-order valence-corrected chi connectivity index (χ4v) is 2.43. The lowest BCUT2D eigenvalue weighted by Crippen LogP contribution is -1.90. The highest BCUT2D eigenvalue weighted by molar-refractivity contribution is 5.41. The van der Waals surface area contributed by atoms with Gasteiger partial charge in [0.05, 0.1) is 11.6 Å². The van der Waals surface area contributed by atoms with Crippen molar-refractivity contribution in [2.75, 3.05) is 0 Å². The van der Waals surface area contributed by atoms with E-state index in [0.29, 0.717) is 0 Å². The Labute approximate surface area is 91.7 Å². The van der Waals surface area contributed by atoms with Gasteiger partial charge in [-0.3, -0.25) is 0 Å². The molecule has 0 saturated heterocycles. The Morgan fingerprint density at radius 2 is 2.27 bits per heavy atom. The van der Waals surface area contributed by atoms with Crippen molar-refractivity contribution in [3.8, 4) is 6.07 Å². The van der Waals surface area contributed by atoms with Crippen molar-refractivity contribution in [3.63, 3.8) is 0 Å². The van der Waals surface area contributed by atoms with E-state index in [9.17, 15) is 0 Å². The van der Waals surface area contributed by atoms with E-state index in [0.717, 1.165) is 17.4 Å². The quantitative estimate of drug-likeness (QED) is 0.727. The molecule has 1 aromatic carbocycles. The smallest absolute Gasteiger partial charge is 0.0991 e. The van der Waals surface area contributed by atoms with Gasteiger partial charge in [0, 0.05) is 0 Å². The second-order valence-corrected chi connectivity index (χ2v) is 4.57. The number of hydrogen-bond acceptors (Lipinski definition) is 1. The zero-order valence-corrected chi connectivity index (χ0v) is 9.46. The van der Waals surface area contributed by atoms with Crippen LogP contribution in [0.4, 0.5) is 0 Å². The fourth-order valence-electron chi connectivity index (χ4n) is 2.43. The van der Waals surface area contributed by atoms with Gasteiger partial charge in [-0.2, -0.15) is 5.26 Å². The molecule has 0 heterocycles. The molecule has 0 aliphatic heterocycles. The third kappa shape index (κ3) is 2.04. The second kappa shape index (κ2) is 4.06. The maximum absolute atomic E-state index is 8.87. The van der Waals surface area contributed by atoms with E-state index in [2.05, 4.69) is 32.0 Å². The van der Waals surface area contributed by atoms with E-state index in [-0.39, 0.29) is 0 Å². The van der Waals surface area contributed by atoms with Gasteiger partial charge >= 0.3 is 0 Å². The number of benzene rings is 1. The van der Waals surface area contributed by atoms with Crippen LogP contribution in [0.25, 0.3) is 0 Å². The summed E-state index contributed by atoms with van der Waals surface area (Å²) in [6, 6.07) is 8.29. The van der Waals surface area contributed by atoms with Crippen LogP contribution in [-0.4, -0.2) is 0 Å². The molecular weight excluding hydrogens is 182 g/mol. The summed E-state index contributed by atoms with van der Waals surface area (Å²) in [6.07, 6.45) is 3.93. The Morgan fingerprint density at radius 1 is 1.47 bits per heavy atom. The van der Waals surface area contributed by atoms with Crippen molar-refractivity contribution in [3.05, 3.63) is 34.9 Å². The van der Waals surface area contributed by atoms with Crippen molar-refractivity contribution < 1.29 is 0 Å². The normalized spacial score (nSPS) is 23.5. The first-order valence-corrected chi connectivity index (χ1v) is 5.77. The summed E-state index contributed by atoms with van der Waals surface area (Å²) in [5.74, 6) is 1.61. The van der Waals surface area contributed by atoms with Gasteiger partial charge in [-0.25, -0.2) is 0 Å². The molecule has 0 N–H and O–H groups in total. The molecule has 0 spiro atoms. The number of rotatable bonds is 3. The van der Waals surface area contributed by atoms with E-state index in [1.165, 1.54) is 30.4 Å². The third-order valence-electron chi connectivity index (χ3n) is 3.39. The van der Waals surface area contributed by atoms with Gasteiger partial charge < -0.3 is 0 Å². The Morgan fingerprint density at radius 3 is 2.93 bits per heavy atom. The van der Waals surface area contributed by atoms with Crippen LogP contribution >= 0.6 is 0 Å². The molecule has 1 nitrogen and oxygen atoms in total. The zero-order valence-electron chi connectivity index (χ0n) is 9.46. The summed E-state index contributed by atoms with van der Waals surface area (Å²) in [6.45, 7) is 4.39. The zero-order chi connectivity index (χ0) is 10.8. The Kier molecular flexibility index (Phi) is 2.77. The molecule has 1 aliphatic rings. The topological polar surface area (TPSA) is 23.8 Å². The van der Waals surface area contributed by atoms with Gasteiger partial charge in [0.25, 0.3) is 0 Å². The van der Waals surface area contributed by atoms with Crippen LogP contribution in [0.2, 0.25) is 0 Å². The SMILES string of the molecule is CCCC1CC1c1cc(C#N)ccc1C. The first-order chi connectivity index (χ1) is 7.26. The van der Waals surface area contributed by atoms with Gasteiger partial charge in [0.15, 0.2) is 0 Å². The summed E-state index contributed by atoms with van der Waals surface area (Å²) in [7, 11) is 0. The summed E-state index contributed by atoms with van der Waals surface area (Å²) < 4.78 is 0. The molecule has 15 heavy (non-hydrogen) atoms. The molecule has 2 unspecified atom stereocenters. The highest BCUT2D eigenvalue weighted by Crippen LogP contribution is 2.51. The lowest BCUT2D eigenvalue weighted by atomic mass is 9.99. The van der Waals surface area contributed by atoms with E-state index in [4.69, 9.17) is 5.26 Å². The minimum Gasteiger partial charge on any atom is -0.192 e. The molecule has 2 rings (SSSR count). The van der Waals surface area contributed by atoms with Crippen molar-refractivity contribution >= 4 is 0 Å². The van der Waals surface area contributed by atoms with Crippen LogP contribution in [0.3, 0.4) is 0 Å². The third-order valence-corrected chi connectivity index (χ3v) is 3.39. The molecule has 1 aliphatic carbocycles. The number of aryl methyl sites for hydroxylation is 1. The number of nitriles is 1.